The summed E-state index contributed by atoms with van der Waals surface area (Å²) in [6.45, 7) is 1.49. The van der Waals surface area contributed by atoms with E-state index in [9.17, 15) is 18.8 Å². The predicted octanol–water partition coefficient (Wildman–Crippen LogP) is 4.01. The lowest BCUT2D eigenvalue weighted by atomic mass is 10.2. The van der Waals surface area contributed by atoms with Crippen LogP contribution >= 0.6 is 22.9 Å². The molecule has 0 saturated carbocycles. The van der Waals surface area contributed by atoms with E-state index in [0.29, 0.717) is 26.5 Å². The minimum Gasteiger partial charge on any atom is -0.323 e. The Labute approximate surface area is 185 Å². The molecular weight excluding hydrogens is 441 g/mol. The van der Waals surface area contributed by atoms with Crippen LogP contribution in [-0.4, -0.2) is 15.0 Å². The van der Waals surface area contributed by atoms with Gasteiger partial charge in [-0.25, -0.2) is 9.18 Å². The molecule has 0 unspecified atom stereocenters. The minimum absolute atomic E-state index is 0.0307. The van der Waals surface area contributed by atoms with Crippen molar-refractivity contribution < 1.29 is 9.18 Å². The molecule has 0 radical (unpaired) electrons. The first kappa shape index (κ1) is 21.0. The van der Waals surface area contributed by atoms with Gasteiger partial charge in [-0.3, -0.25) is 18.7 Å². The van der Waals surface area contributed by atoms with Gasteiger partial charge in [-0.2, -0.15) is 0 Å². The van der Waals surface area contributed by atoms with Crippen molar-refractivity contribution in [3.05, 3.63) is 96.7 Å². The zero-order valence-electron chi connectivity index (χ0n) is 16.4. The number of hydrogen-bond acceptors (Lipinski definition) is 4. The molecule has 31 heavy (non-hydrogen) atoms. The number of benzene rings is 2. The Morgan fingerprint density at radius 1 is 1.10 bits per heavy atom. The number of para-hydroxylation sites is 1. The molecule has 6 nitrogen and oxygen atoms in total. The molecular formula is C22H17ClFN3O3S. The number of aryl methyl sites for hydroxylation is 1. The van der Waals surface area contributed by atoms with Gasteiger partial charge < -0.3 is 5.32 Å². The number of amides is 1. The quantitative estimate of drug-likeness (QED) is 0.492. The number of thiophene rings is 1. The Morgan fingerprint density at radius 2 is 1.84 bits per heavy atom. The van der Waals surface area contributed by atoms with Gasteiger partial charge in [0.25, 0.3) is 5.56 Å². The van der Waals surface area contributed by atoms with Crippen molar-refractivity contribution in [3.8, 4) is 0 Å². The molecule has 0 spiro atoms. The smallest absolute Gasteiger partial charge is 0.323 e. The SMILES string of the molecule is Cc1cccc(Cl)c1NC(=O)Cn1c(=O)n(Cc2ccc(F)cc2)c(=O)c2sccc21. The van der Waals surface area contributed by atoms with E-state index < -0.39 is 23.0 Å². The second-order valence-corrected chi connectivity index (χ2v) is 8.32. The van der Waals surface area contributed by atoms with Crippen LogP contribution in [0.4, 0.5) is 10.1 Å². The molecule has 158 valence electrons. The number of hydrogen-bond donors (Lipinski definition) is 1. The average molecular weight is 458 g/mol. The number of aromatic nitrogens is 2. The maximum atomic E-state index is 13.2. The summed E-state index contributed by atoms with van der Waals surface area (Å²) in [4.78, 5) is 38.8. The van der Waals surface area contributed by atoms with Gasteiger partial charge in [0.1, 0.15) is 17.1 Å². The minimum atomic E-state index is -0.619. The highest BCUT2D eigenvalue weighted by Crippen LogP contribution is 2.25. The van der Waals surface area contributed by atoms with Crippen LogP contribution in [0.5, 0.6) is 0 Å². The Kier molecular flexibility index (Phi) is 5.75. The number of anilines is 1. The summed E-state index contributed by atoms with van der Waals surface area (Å²) < 4.78 is 15.9. The fourth-order valence-corrected chi connectivity index (χ4v) is 4.42. The molecule has 0 aliphatic heterocycles. The lowest BCUT2D eigenvalue weighted by Gasteiger charge is -2.14. The topological polar surface area (TPSA) is 73.1 Å². The average Bonchev–Trinajstić information content (AvgIpc) is 3.23. The Morgan fingerprint density at radius 3 is 2.55 bits per heavy atom. The second kappa shape index (κ2) is 8.49. The number of carbonyl (C=O) groups is 1. The molecule has 0 bridgehead atoms. The molecule has 2 aromatic heterocycles. The third kappa shape index (κ3) is 4.17. The van der Waals surface area contributed by atoms with Crippen molar-refractivity contribution in [1.82, 2.24) is 9.13 Å². The third-order valence-electron chi connectivity index (χ3n) is 4.88. The first-order chi connectivity index (χ1) is 14.8. The largest absolute Gasteiger partial charge is 0.332 e. The van der Waals surface area contributed by atoms with Crippen molar-refractivity contribution >= 4 is 44.7 Å². The molecule has 0 fully saturated rings. The second-order valence-electron chi connectivity index (χ2n) is 7.00. The van der Waals surface area contributed by atoms with Crippen LogP contribution in [0.3, 0.4) is 0 Å². The Hall–Kier alpha value is -3.23. The van der Waals surface area contributed by atoms with E-state index in [1.807, 2.05) is 13.0 Å². The zero-order valence-corrected chi connectivity index (χ0v) is 18.0. The predicted molar refractivity (Wildman–Crippen MR) is 121 cm³/mol. The first-order valence-corrected chi connectivity index (χ1v) is 10.6. The molecule has 2 aromatic carbocycles. The lowest BCUT2D eigenvalue weighted by Crippen LogP contribution is -2.41. The van der Waals surface area contributed by atoms with Gasteiger partial charge in [0.15, 0.2) is 0 Å². The number of rotatable bonds is 5. The van der Waals surface area contributed by atoms with E-state index in [0.717, 1.165) is 10.1 Å². The van der Waals surface area contributed by atoms with Crippen molar-refractivity contribution in [1.29, 1.82) is 0 Å². The van der Waals surface area contributed by atoms with Crippen molar-refractivity contribution in [2.75, 3.05) is 5.32 Å². The summed E-state index contributed by atoms with van der Waals surface area (Å²) in [6, 6.07) is 12.4. The molecule has 2 heterocycles. The number of nitrogens with zero attached hydrogens (tertiary/aromatic N) is 2. The highest BCUT2D eigenvalue weighted by molar-refractivity contribution is 7.17. The van der Waals surface area contributed by atoms with Crippen molar-refractivity contribution in [2.24, 2.45) is 0 Å². The van der Waals surface area contributed by atoms with Crippen LogP contribution < -0.4 is 16.6 Å². The van der Waals surface area contributed by atoms with Crippen LogP contribution in [0.15, 0.2) is 63.5 Å². The number of carbonyl (C=O) groups excluding carboxylic acids is 1. The van der Waals surface area contributed by atoms with Crippen LogP contribution in [0, 0.1) is 12.7 Å². The Bertz CT molecular complexity index is 1390. The molecule has 4 rings (SSSR count). The van der Waals surface area contributed by atoms with Crippen molar-refractivity contribution in [2.45, 2.75) is 20.0 Å². The molecule has 4 aromatic rings. The summed E-state index contributed by atoms with van der Waals surface area (Å²) >= 11 is 7.37. The van der Waals surface area contributed by atoms with Crippen LogP contribution in [0.25, 0.3) is 10.2 Å². The standard InChI is InChI=1S/C22H17ClFN3O3S/c1-13-3-2-4-16(23)19(13)25-18(28)12-26-17-9-10-31-20(17)21(29)27(22(26)30)11-14-5-7-15(24)8-6-14/h2-10H,11-12H2,1H3,(H,25,28). The maximum Gasteiger partial charge on any atom is 0.332 e. The molecule has 0 saturated heterocycles. The van der Waals surface area contributed by atoms with Crippen LogP contribution in [0.1, 0.15) is 11.1 Å². The number of fused-ring (bicyclic) bond motifs is 1. The molecule has 0 atom stereocenters. The highest BCUT2D eigenvalue weighted by atomic mass is 35.5. The first-order valence-electron chi connectivity index (χ1n) is 9.35. The van der Waals surface area contributed by atoms with Gasteiger partial charge in [0.05, 0.1) is 22.8 Å². The van der Waals surface area contributed by atoms with Crippen molar-refractivity contribution in [3.63, 3.8) is 0 Å². The third-order valence-corrected chi connectivity index (χ3v) is 6.09. The van der Waals surface area contributed by atoms with E-state index in [-0.39, 0.29) is 13.1 Å². The molecule has 9 heteroatoms. The summed E-state index contributed by atoms with van der Waals surface area (Å²) in [5.74, 6) is -0.855. The van der Waals surface area contributed by atoms with E-state index in [2.05, 4.69) is 5.32 Å². The van der Waals surface area contributed by atoms with Gasteiger partial charge in [-0.05, 0) is 47.7 Å². The summed E-state index contributed by atoms with van der Waals surface area (Å²) in [5, 5.41) is 4.83. The summed E-state index contributed by atoms with van der Waals surface area (Å²) in [6.07, 6.45) is 0. The Balaban J connectivity index is 1.73. The number of halogens is 2. The molecule has 1 amide bonds. The lowest BCUT2D eigenvalue weighted by molar-refractivity contribution is -0.116. The van der Waals surface area contributed by atoms with Crippen LogP contribution in [0.2, 0.25) is 5.02 Å². The normalized spacial score (nSPS) is 11.1. The zero-order chi connectivity index (χ0) is 22.1. The fraction of sp³-hybridized carbons (Fsp3) is 0.136. The van der Waals surface area contributed by atoms with Crippen LogP contribution in [-0.2, 0) is 17.9 Å². The fourth-order valence-electron chi connectivity index (χ4n) is 3.31. The summed E-state index contributed by atoms with van der Waals surface area (Å²) in [7, 11) is 0. The maximum absolute atomic E-state index is 13.2. The number of nitrogens with one attached hydrogen (secondary N) is 1. The highest BCUT2D eigenvalue weighted by Gasteiger charge is 2.17. The summed E-state index contributed by atoms with van der Waals surface area (Å²) in [5.41, 5.74) is 1.18. The van der Waals surface area contributed by atoms with E-state index in [1.54, 1.807) is 23.6 Å². The molecule has 0 aliphatic rings. The van der Waals surface area contributed by atoms with E-state index in [1.165, 1.54) is 40.2 Å². The van der Waals surface area contributed by atoms with Gasteiger partial charge in [0, 0.05) is 0 Å². The monoisotopic (exact) mass is 457 g/mol. The molecule has 0 aliphatic carbocycles. The van der Waals surface area contributed by atoms with Gasteiger partial charge in [0.2, 0.25) is 5.91 Å². The molecule has 1 N–H and O–H groups in total. The van der Waals surface area contributed by atoms with Gasteiger partial charge in [-0.1, -0.05) is 35.9 Å². The van der Waals surface area contributed by atoms with E-state index >= 15 is 0 Å². The van der Waals surface area contributed by atoms with Gasteiger partial charge in [-0.15, -0.1) is 11.3 Å². The van der Waals surface area contributed by atoms with Gasteiger partial charge >= 0.3 is 5.69 Å². The van der Waals surface area contributed by atoms with E-state index in [4.69, 9.17) is 11.6 Å².